The number of likely N-dealkylation sites (tertiary alicyclic amines) is 1. The topological polar surface area (TPSA) is 54.5 Å². The molecule has 122 valence electrons. The summed E-state index contributed by atoms with van der Waals surface area (Å²) in [5.74, 6) is 0. The van der Waals surface area contributed by atoms with Gasteiger partial charge in [-0.05, 0) is 57.7 Å². The predicted molar refractivity (Wildman–Crippen MR) is 86.6 cm³/mol. The fraction of sp³-hybridized carbons (Fsp3) is 0.647. The molecule has 1 aliphatic heterocycles. The van der Waals surface area contributed by atoms with Crippen LogP contribution >= 0.6 is 0 Å². The number of rotatable bonds is 4. The van der Waals surface area contributed by atoms with Crippen LogP contribution in [0, 0.1) is 6.92 Å². The number of carbonyl (C=O) groups excluding carboxylic acids is 1. The zero-order valence-corrected chi connectivity index (χ0v) is 14.1. The number of hydrogen-bond donors (Lipinski definition) is 1. The van der Waals surface area contributed by atoms with E-state index in [0.29, 0.717) is 0 Å². The Balaban J connectivity index is 1.84. The van der Waals surface area contributed by atoms with Crippen LogP contribution in [0.15, 0.2) is 18.5 Å². The van der Waals surface area contributed by atoms with E-state index < -0.39 is 5.60 Å². The van der Waals surface area contributed by atoms with Crippen molar-refractivity contribution in [2.24, 2.45) is 0 Å². The van der Waals surface area contributed by atoms with Crippen molar-refractivity contribution in [3.8, 4) is 0 Å². The highest BCUT2D eigenvalue weighted by atomic mass is 16.6. The van der Waals surface area contributed by atoms with Gasteiger partial charge in [-0.3, -0.25) is 4.98 Å². The van der Waals surface area contributed by atoms with Crippen LogP contribution in [-0.2, 0) is 11.3 Å². The zero-order valence-electron chi connectivity index (χ0n) is 14.1. The molecule has 1 saturated heterocycles. The molecule has 0 spiro atoms. The molecule has 1 N–H and O–H groups in total. The second kappa shape index (κ2) is 7.09. The average molecular weight is 305 g/mol. The highest BCUT2D eigenvalue weighted by Crippen LogP contribution is 2.20. The first-order valence-corrected chi connectivity index (χ1v) is 7.96. The van der Waals surface area contributed by atoms with Crippen molar-refractivity contribution in [3.63, 3.8) is 0 Å². The van der Waals surface area contributed by atoms with Crippen LogP contribution in [0.1, 0.15) is 44.7 Å². The third-order valence-corrected chi connectivity index (χ3v) is 3.85. The quantitative estimate of drug-likeness (QED) is 0.929. The number of hydrogen-bond acceptors (Lipinski definition) is 4. The van der Waals surface area contributed by atoms with Crippen molar-refractivity contribution in [2.75, 3.05) is 13.1 Å². The number of nitrogens with one attached hydrogen (secondary N) is 1. The lowest BCUT2D eigenvalue weighted by Gasteiger charge is -2.28. The van der Waals surface area contributed by atoms with Gasteiger partial charge in [0.25, 0.3) is 0 Å². The summed E-state index contributed by atoms with van der Waals surface area (Å²) in [5, 5.41) is 3.44. The SMILES string of the molecule is Cc1ccncc1CNCC1CCCN1C(=O)OC(C)(C)C. The van der Waals surface area contributed by atoms with E-state index in [4.69, 9.17) is 4.74 Å². The van der Waals surface area contributed by atoms with Crippen LogP contribution < -0.4 is 5.32 Å². The Kier molecular flexibility index (Phi) is 5.40. The van der Waals surface area contributed by atoms with Gasteiger partial charge < -0.3 is 15.0 Å². The van der Waals surface area contributed by atoms with Gasteiger partial charge in [-0.15, -0.1) is 0 Å². The summed E-state index contributed by atoms with van der Waals surface area (Å²) in [7, 11) is 0. The molecule has 0 aliphatic carbocycles. The lowest BCUT2D eigenvalue weighted by Crippen LogP contribution is -2.44. The van der Waals surface area contributed by atoms with Gasteiger partial charge in [-0.25, -0.2) is 4.79 Å². The molecule has 1 atom stereocenters. The van der Waals surface area contributed by atoms with E-state index in [2.05, 4.69) is 17.2 Å². The Hall–Kier alpha value is -1.62. The molecule has 0 radical (unpaired) electrons. The highest BCUT2D eigenvalue weighted by Gasteiger charge is 2.31. The Morgan fingerprint density at radius 2 is 2.27 bits per heavy atom. The number of nitrogens with zero attached hydrogens (tertiary/aromatic N) is 2. The fourth-order valence-corrected chi connectivity index (χ4v) is 2.66. The monoisotopic (exact) mass is 305 g/mol. The van der Waals surface area contributed by atoms with Crippen LogP contribution in [-0.4, -0.2) is 40.7 Å². The fourth-order valence-electron chi connectivity index (χ4n) is 2.66. The third-order valence-electron chi connectivity index (χ3n) is 3.85. The maximum Gasteiger partial charge on any atom is 0.410 e. The van der Waals surface area contributed by atoms with Gasteiger partial charge in [0.2, 0.25) is 0 Å². The lowest BCUT2D eigenvalue weighted by molar-refractivity contribution is 0.0226. The molecule has 0 aromatic carbocycles. The summed E-state index contributed by atoms with van der Waals surface area (Å²) in [5.41, 5.74) is 1.99. The largest absolute Gasteiger partial charge is 0.444 e. The third kappa shape index (κ3) is 4.70. The van der Waals surface area contributed by atoms with E-state index in [9.17, 15) is 4.79 Å². The number of aryl methyl sites for hydroxylation is 1. The molecule has 1 aromatic rings. The number of pyridine rings is 1. The minimum Gasteiger partial charge on any atom is -0.444 e. The maximum atomic E-state index is 12.2. The van der Waals surface area contributed by atoms with Crippen LogP contribution in [0.25, 0.3) is 0 Å². The Morgan fingerprint density at radius 1 is 1.50 bits per heavy atom. The summed E-state index contributed by atoms with van der Waals surface area (Å²) < 4.78 is 5.48. The van der Waals surface area contributed by atoms with Crippen molar-refractivity contribution in [1.82, 2.24) is 15.2 Å². The molecule has 0 bridgehead atoms. The number of ether oxygens (including phenoxy) is 1. The smallest absolute Gasteiger partial charge is 0.410 e. The van der Waals surface area contributed by atoms with Gasteiger partial charge in [0.05, 0.1) is 0 Å². The summed E-state index contributed by atoms with van der Waals surface area (Å²) in [6.07, 6.45) is 5.56. The standard InChI is InChI=1S/C17H27N3O2/c1-13-7-8-18-10-14(13)11-19-12-15-6-5-9-20(15)16(21)22-17(2,3)4/h7-8,10,15,19H,5-6,9,11-12H2,1-4H3. The highest BCUT2D eigenvalue weighted by molar-refractivity contribution is 5.69. The molecule has 1 fully saturated rings. The molecule has 2 rings (SSSR count). The van der Waals surface area contributed by atoms with Gasteiger partial charge in [0, 0.05) is 38.1 Å². The molecule has 0 saturated carbocycles. The molecule has 1 unspecified atom stereocenters. The van der Waals surface area contributed by atoms with E-state index >= 15 is 0 Å². The minimum atomic E-state index is -0.440. The number of aromatic nitrogens is 1. The van der Waals surface area contributed by atoms with Gasteiger partial charge in [-0.1, -0.05) is 0 Å². The van der Waals surface area contributed by atoms with Crippen LogP contribution in [0.2, 0.25) is 0 Å². The van der Waals surface area contributed by atoms with Crippen molar-refractivity contribution in [3.05, 3.63) is 29.6 Å². The van der Waals surface area contributed by atoms with Crippen molar-refractivity contribution in [2.45, 2.75) is 58.7 Å². The van der Waals surface area contributed by atoms with Crippen LogP contribution in [0.4, 0.5) is 4.79 Å². The van der Waals surface area contributed by atoms with Gasteiger partial charge in [0.15, 0.2) is 0 Å². The van der Waals surface area contributed by atoms with Crippen LogP contribution in [0.5, 0.6) is 0 Å². The summed E-state index contributed by atoms with van der Waals surface area (Å²) in [6.45, 7) is 10.1. The van der Waals surface area contributed by atoms with E-state index in [1.807, 2.05) is 37.9 Å². The maximum absolute atomic E-state index is 12.2. The Morgan fingerprint density at radius 3 is 2.95 bits per heavy atom. The van der Waals surface area contributed by atoms with E-state index in [1.54, 1.807) is 6.20 Å². The molecule has 5 heteroatoms. The zero-order chi connectivity index (χ0) is 16.2. The molecule has 2 heterocycles. The van der Waals surface area contributed by atoms with Gasteiger partial charge in [-0.2, -0.15) is 0 Å². The van der Waals surface area contributed by atoms with Gasteiger partial charge >= 0.3 is 6.09 Å². The molecule has 22 heavy (non-hydrogen) atoms. The second-order valence-corrected chi connectivity index (χ2v) is 6.90. The van der Waals surface area contributed by atoms with E-state index in [1.165, 1.54) is 11.1 Å². The average Bonchev–Trinajstić information content (AvgIpc) is 2.87. The first-order chi connectivity index (χ1) is 10.4. The molecular formula is C17H27N3O2. The normalized spacial score (nSPS) is 18.5. The Bertz CT molecular complexity index is 511. The van der Waals surface area contributed by atoms with E-state index in [0.717, 1.165) is 32.5 Å². The molecule has 5 nitrogen and oxygen atoms in total. The van der Waals surface area contributed by atoms with E-state index in [-0.39, 0.29) is 12.1 Å². The summed E-state index contributed by atoms with van der Waals surface area (Å²) in [6, 6.07) is 2.23. The minimum absolute atomic E-state index is 0.200. The molecule has 1 aromatic heterocycles. The molecule has 1 aliphatic rings. The lowest BCUT2D eigenvalue weighted by atomic mass is 10.1. The van der Waals surface area contributed by atoms with Crippen LogP contribution in [0.3, 0.4) is 0 Å². The van der Waals surface area contributed by atoms with Crippen molar-refractivity contribution < 1.29 is 9.53 Å². The second-order valence-electron chi connectivity index (χ2n) is 6.90. The first-order valence-electron chi connectivity index (χ1n) is 7.96. The number of carbonyl (C=O) groups is 1. The predicted octanol–water partition coefficient (Wildman–Crippen LogP) is 2.88. The molecule has 1 amide bonds. The summed E-state index contributed by atoms with van der Waals surface area (Å²) in [4.78, 5) is 18.2. The number of amides is 1. The van der Waals surface area contributed by atoms with Gasteiger partial charge in [0.1, 0.15) is 5.60 Å². The van der Waals surface area contributed by atoms with Crippen molar-refractivity contribution >= 4 is 6.09 Å². The van der Waals surface area contributed by atoms with Crippen molar-refractivity contribution in [1.29, 1.82) is 0 Å². The molecular weight excluding hydrogens is 278 g/mol. The first kappa shape index (κ1) is 16.7. The Labute approximate surface area is 133 Å². The summed E-state index contributed by atoms with van der Waals surface area (Å²) >= 11 is 0.